The molecule has 2 unspecified atom stereocenters. The fourth-order valence-corrected chi connectivity index (χ4v) is 1.83. The standard InChI is InChI=1S/C7H14O2S2/c1-4(10)6(5(2)11)7(8)9-3/h4-6,10-11H,1-3H3. The molecule has 0 heterocycles. The van der Waals surface area contributed by atoms with Gasteiger partial charge in [0.15, 0.2) is 0 Å². The van der Waals surface area contributed by atoms with Crippen molar-refractivity contribution in [3.63, 3.8) is 0 Å². The van der Waals surface area contributed by atoms with Crippen LogP contribution in [-0.4, -0.2) is 23.6 Å². The van der Waals surface area contributed by atoms with Gasteiger partial charge in [-0.15, -0.1) is 0 Å². The molecule has 0 fully saturated rings. The molecule has 2 nitrogen and oxygen atoms in total. The molecule has 0 N–H and O–H groups in total. The first-order valence-corrected chi connectivity index (χ1v) is 4.48. The number of rotatable bonds is 3. The second-order valence-corrected chi connectivity index (χ2v) is 4.16. The predicted octanol–water partition coefficient (Wildman–Crippen LogP) is 1.41. The van der Waals surface area contributed by atoms with Crippen LogP contribution in [0.5, 0.6) is 0 Å². The van der Waals surface area contributed by atoms with Crippen LogP contribution in [0.1, 0.15) is 13.8 Å². The van der Waals surface area contributed by atoms with Gasteiger partial charge in [0.2, 0.25) is 0 Å². The Morgan fingerprint density at radius 2 is 1.64 bits per heavy atom. The zero-order chi connectivity index (χ0) is 9.02. The molecule has 11 heavy (non-hydrogen) atoms. The lowest BCUT2D eigenvalue weighted by molar-refractivity contribution is -0.145. The van der Waals surface area contributed by atoms with E-state index in [4.69, 9.17) is 0 Å². The summed E-state index contributed by atoms with van der Waals surface area (Å²) in [5.41, 5.74) is 0. The van der Waals surface area contributed by atoms with E-state index in [1.807, 2.05) is 13.8 Å². The fourth-order valence-electron chi connectivity index (χ4n) is 0.933. The van der Waals surface area contributed by atoms with E-state index >= 15 is 0 Å². The van der Waals surface area contributed by atoms with Crippen molar-refractivity contribution < 1.29 is 9.53 Å². The third-order valence-corrected chi connectivity index (χ3v) is 2.16. The lowest BCUT2D eigenvalue weighted by atomic mass is 10.0. The minimum atomic E-state index is -0.241. The maximum absolute atomic E-state index is 11.1. The highest BCUT2D eigenvalue weighted by atomic mass is 32.1. The molecule has 0 bridgehead atoms. The van der Waals surface area contributed by atoms with Gasteiger partial charge in [-0.2, -0.15) is 25.3 Å². The Kier molecular flexibility index (Phi) is 5.01. The lowest BCUT2D eigenvalue weighted by Crippen LogP contribution is -2.30. The van der Waals surface area contributed by atoms with E-state index < -0.39 is 0 Å². The van der Waals surface area contributed by atoms with Gasteiger partial charge in [-0.25, -0.2) is 0 Å². The Hall–Kier alpha value is 0.170. The van der Waals surface area contributed by atoms with E-state index in [2.05, 4.69) is 30.0 Å². The van der Waals surface area contributed by atoms with E-state index in [1.54, 1.807) is 0 Å². The summed E-state index contributed by atoms with van der Waals surface area (Å²) in [6, 6.07) is 0. The maximum atomic E-state index is 11.1. The highest BCUT2D eigenvalue weighted by molar-refractivity contribution is 7.82. The molecule has 0 aliphatic rings. The largest absolute Gasteiger partial charge is 0.469 e. The molecule has 0 spiro atoms. The van der Waals surface area contributed by atoms with Crippen molar-refractivity contribution in [2.24, 2.45) is 5.92 Å². The van der Waals surface area contributed by atoms with Crippen LogP contribution >= 0.6 is 25.3 Å². The number of hydrogen-bond acceptors (Lipinski definition) is 4. The Bertz CT molecular complexity index is 126. The lowest BCUT2D eigenvalue weighted by Gasteiger charge is -2.20. The summed E-state index contributed by atoms with van der Waals surface area (Å²) >= 11 is 8.35. The van der Waals surface area contributed by atoms with Gasteiger partial charge in [-0.3, -0.25) is 4.79 Å². The SMILES string of the molecule is COC(=O)C(C(C)S)C(C)S. The molecule has 4 heteroatoms. The van der Waals surface area contributed by atoms with Gasteiger partial charge in [-0.1, -0.05) is 13.8 Å². The van der Waals surface area contributed by atoms with Crippen molar-refractivity contribution in [3.05, 3.63) is 0 Å². The average molecular weight is 194 g/mol. The zero-order valence-corrected chi connectivity index (χ0v) is 8.73. The molecule has 0 rings (SSSR count). The Labute approximate surface area is 78.5 Å². The number of esters is 1. The second-order valence-electron chi connectivity index (χ2n) is 2.53. The number of carbonyl (C=O) groups is 1. The molecule has 2 atom stereocenters. The molecule has 0 aromatic carbocycles. The Morgan fingerprint density at radius 1 is 1.27 bits per heavy atom. The first-order chi connectivity index (χ1) is 5.00. The summed E-state index contributed by atoms with van der Waals surface area (Å²) in [4.78, 5) is 11.1. The van der Waals surface area contributed by atoms with Crippen LogP contribution in [0.15, 0.2) is 0 Å². The molecular weight excluding hydrogens is 180 g/mol. The average Bonchev–Trinajstić information content (AvgIpc) is 1.85. The Morgan fingerprint density at radius 3 is 1.73 bits per heavy atom. The maximum Gasteiger partial charge on any atom is 0.310 e. The summed E-state index contributed by atoms with van der Waals surface area (Å²) in [6.07, 6.45) is 0. The van der Waals surface area contributed by atoms with Crippen molar-refractivity contribution >= 4 is 31.2 Å². The second kappa shape index (κ2) is 4.93. The number of hydrogen-bond donors (Lipinski definition) is 2. The molecule has 0 aliphatic heterocycles. The van der Waals surface area contributed by atoms with E-state index in [9.17, 15) is 4.79 Å². The number of methoxy groups -OCH3 is 1. The van der Waals surface area contributed by atoms with Crippen LogP contribution in [-0.2, 0) is 9.53 Å². The molecule has 66 valence electrons. The molecule has 0 aliphatic carbocycles. The normalized spacial score (nSPS) is 18.6. The van der Waals surface area contributed by atoms with E-state index in [-0.39, 0.29) is 22.4 Å². The van der Waals surface area contributed by atoms with Crippen LogP contribution in [0.2, 0.25) is 0 Å². The summed E-state index contributed by atoms with van der Waals surface area (Å²) < 4.78 is 4.60. The predicted molar refractivity (Wildman–Crippen MR) is 52.4 cm³/mol. The summed E-state index contributed by atoms with van der Waals surface area (Å²) in [5.74, 6) is -0.471. The number of carbonyl (C=O) groups excluding carboxylic acids is 1. The smallest absolute Gasteiger partial charge is 0.310 e. The third-order valence-electron chi connectivity index (χ3n) is 1.51. The van der Waals surface area contributed by atoms with Crippen molar-refractivity contribution in [2.75, 3.05) is 7.11 Å². The minimum absolute atomic E-state index is 0.0186. The summed E-state index contributed by atoms with van der Waals surface area (Å²) in [7, 11) is 1.38. The van der Waals surface area contributed by atoms with Crippen molar-refractivity contribution in [1.82, 2.24) is 0 Å². The Balaban J connectivity index is 4.22. The first-order valence-electron chi connectivity index (χ1n) is 3.44. The highest BCUT2D eigenvalue weighted by Gasteiger charge is 2.27. The van der Waals surface area contributed by atoms with E-state index in [1.165, 1.54) is 7.11 Å². The summed E-state index contributed by atoms with van der Waals surface area (Å²) in [5, 5.41) is -0.0371. The number of ether oxygens (including phenoxy) is 1. The third kappa shape index (κ3) is 3.38. The first kappa shape index (κ1) is 11.2. The molecule has 0 amide bonds. The van der Waals surface area contributed by atoms with Crippen molar-refractivity contribution in [2.45, 2.75) is 24.3 Å². The molecule has 0 aromatic rings. The van der Waals surface area contributed by atoms with Gasteiger partial charge >= 0.3 is 5.97 Å². The highest BCUT2D eigenvalue weighted by Crippen LogP contribution is 2.19. The van der Waals surface area contributed by atoms with Gasteiger partial charge in [-0.05, 0) is 0 Å². The van der Waals surface area contributed by atoms with E-state index in [0.29, 0.717) is 0 Å². The van der Waals surface area contributed by atoms with Crippen molar-refractivity contribution in [3.8, 4) is 0 Å². The summed E-state index contributed by atoms with van der Waals surface area (Å²) in [6.45, 7) is 3.72. The van der Waals surface area contributed by atoms with Crippen LogP contribution in [0.4, 0.5) is 0 Å². The van der Waals surface area contributed by atoms with E-state index in [0.717, 1.165) is 0 Å². The van der Waals surface area contributed by atoms with Crippen LogP contribution in [0.3, 0.4) is 0 Å². The minimum Gasteiger partial charge on any atom is -0.469 e. The van der Waals surface area contributed by atoms with Gasteiger partial charge in [0.05, 0.1) is 13.0 Å². The van der Waals surface area contributed by atoms with Gasteiger partial charge in [0.25, 0.3) is 0 Å². The molecule has 0 saturated heterocycles. The van der Waals surface area contributed by atoms with Crippen LogP contribution in [0.25, 0.3) is 0 Å². The molecule has 0 radical (unpaired) electrons. The number of thiol groups is 2. The molecular formula is C7H14O2S2. The zero-order valence-electron chi connectivity index (χ0n) is 6.94. The quantitative estimate of drug-likeness (QED) is 0.525. The monoisotopic (exact) mass is 194 g/mol. The van der Waals surface area contributed by atoms with Gasteiger partial charge in [0, 0.05) is 10.5 Å². The van der Waals surface area contributed by atoms with Crippen molar-refractivity contribution in [1.29, 1.82) is 0 Å². The fraction of sp³-hybridized carbons (Fsp3) is 0.857. The van der Waals surface area contributed by atoms with Crippen LogP contribution < -0.4 is 0 Å². The molecule has 0 aromatic heterocycles. The topological polar surface area (TPSA) is 26.3 Å². The van der Waals surface area contributed by atoms with Crippen LogP contribution in [0, 0.1) is 5.92 Å². The van der Waals surface area contributed by atoms with Gasteiger partial charge < -0.3 is 4.74 Å². The molecule has 0 saturated carbocycles. The van der Waals surface area contributed by atoms with Gasteiger partial charge in [0.1, 0.15) is 0 Å².